The van der Waals surface area contributed by atoms with Crippen LogP contribution in [0.15, 0.2) is 35.2 Å². The van der Waals surface area contributed by atoms with Crippen molar-refractivity contribution in [2.75, 3.05) is 19.8 Å². The fourth-order valence-electron chi connectivity index (χ4n) is 1.57. The molecule has 0 saturated carbocycles. The van der Waals surface area contributed by atoms with Crippen LogP contribution in [0.5, 0.6) is 0 Å². The number of benzene rings is 1. The molecule has 1 atom stereocenters. The van der Waals surface area contributed by atoms with Crippen LogP contribution < -0.4 is 0 Å². The Morgan fingerprint density at radius 3 is 2.53 bits per heavy atom. The van der Waals surface area contributed by atoms with E-state index in [9.17, 15) is 8.42 Å². The van der Waals surface area contributed by atoms with E-state index in [2.05, 4.69) is 0 Å². The van der Waals surface area contributed by atoms with Crippen molar-refractivity contribution >= 4 is 10.1 Å². The molecule has 1 unspecified atom stereocenters. The predicted octanol–water partition coefficient (Wildman–Crippen LogP) is 1.67. The first-order valence-corrected chi connectivity index (χ1v) is 7.02. The van der Waals surface area contributed by atoms with Gasteiger partial charge in [-0.05, 0) is 18.1 Å². The maximum absolute atomic E-state index is 11.8. The molecule has 4 nitrogen and oxygen atoms in total. The predicted molar refractivity (Wildman–Crippen MR) is 63.1 cm³/mol. The highest BCUT2D eigenvalue weighted by Crippen LogP contribution is 2.22. The lowest BCUT2D eigenvalue weighted by atomic mass is 9.94. The third-order valence-corrected chi connectivity index (χ3v) is 4.28. The maximum atomic E-state index is 11.8. The van der Waals surface area contributed by atoms with E-state index in [1.165, 1.54) is 12.1 Å². The summed E-state index contributed by atoms with van der Waals surface area (Å²) in [5, 5.41) is 0. The molecule has 94 valence electrons. The first kappa shape index (κ1) is 12.5. The van der Waals surface area contributed by atoms with Gasteiger partial charge in [0.05, 0.1) is 24.7 Å². The molecular weight excluding hydrogens is 240 g/mol. The zero-order valence-corrected chi connectivity index (χ0v) is 10.5. The molecule has 0 spiro atoms. The molecule has 2 rings (SSSR count). The Bertz CT molecular complexity index is 451. The van der Waals surface area contributed by atoms with Crippen molar-refractivity contribution in [3.63, 3.8) is 0 Å². The van der Waals surface area contributed by atoms with Gasteiger partial charge in [0.15, 0.2) is 0 Å². The molecule has 1 saturated heterocycles. The molecule has 1 aliphatic heterocycles. The zero-order valence-electron chi connectivity index (χ0n) is 9.70. The summed E-state index contributed by atoms with van der Waals surface area (Å²) in [6, 6.07) is 8.20. The van der Waals surface area contributed by atoms with Crippen LogP contribution in [-0.2, 0) is 19.0 Å². The van der Waals surface area contributed by atoms with Crippen molar-refractivity contribution in [2.24, 2.45) is 11.8 Å². The fourth-order valence-corrected chi connectivity index (χ4v) is 2.59. The van der Waals surface area contributed by atoms with E-state index in [0.717, 1.165) is 0 Å². The lowest BCUT2D eigenvalue weighted by molar-refractivity contribution is -0.0640. The van der Waals surface area contributed by atoms with Gasteiger partial charge in [-0.15, -0.1) is 0 Å². The monoisotopic (exact) mass is 256 g/mol. The summed E-state index contributed by atoms with van der Waals surface area (Å²) in [4.78, 5) is 0.206. The summed E-state index contributed by atoms with van der Waals surface area (Å²) in [6.45, 7) is 3.60. The molecule has 0 bridgehead atoms. The molecular formula is C12H16O4S. The smallest absolute Gasteiger partial charge is 0.296 e. The number of hydrogen-bond donors (Lipinski definition) is 0. The highest BCUT2D eigenvalue weighted by molar-refractivity contribution is 7.86. The van der Waals surface area contributed by atoms with Gasteiger partial charge >= 0.3 is 0 Å². The van der Waals surface area contributed by atoms with Crippen LogP contribution in [0.1, 0.15) is 6.92 Å². The van der Waals surface area contributed by atoms with E-state index in [1.54, 1.807) is 18.2 Å². The van der Waals surface area contributed by atoms with Crippen LogP contribution in [-0.4, -0.2) is 28.2 Å². The van der Waals surface area contributed by atoms with Crippen molar-refractivity contribution in [1.29, 1.82) is 0 Å². The Balaban J connectivity index is 1.93. The second-order valence-corrected chi connectivity index (χ2v) is 5.94. The van der Waals surface area contributed by atoms with E-state index < -0.39 is 10.1 Å². The highest BCUT2D eigenvalue weighted by Gasteiger charge is 2.27. The first-order chi connectivity index (χ1) is 8.09. The Kier molecular flexibility index (Phi) is 3.81. The molecule has 17 heavy (non-hydrogen) atoms. The van der Waals surface area contributed by atoms with E-state index in [4.69, 9.17) is 8.92 Å². The second kappa shape index (κ2) is 5.16. The number of rotatable bonds is 5. The van der Waals surface area contributed by atoms with Crippen molar-refractivity contribution in [1.82, 2.24) is 0 Å². The first-order valence-electron chi connectivity index (χ1n) is 5.62. The van der Waals surface area contributed by atoms with Gasteiger partial charge in [-0.1, -0.05) is 25.1 Å². The molecule has 0 aliphatic carbocycles. The van der Waals surface area contributed by atoms with Crippen LogP contribution in [0.4, 0.5) is 0 Å². The Labute approximate surface area is 102 Å². The standard InChI is InChI=1S/C12H16O4S/c1-10(11-8-15-9-11)7-16-17(13,14)12-5-3-2-4-6-12/h2-6,10-11H,7-9H2,1H3. The van der Waals surface area contributed by atoms with Gasteiger partial charge in [-0.3, -0.25) is 4.18 Å². The molecule has 0 radical (unpaired) electrons. The minimum Gasteiger partial charge on any atom is -0.381 e. The molecule has 5 heteroatoms. The van der Waals surface area contributed by atoms with Crippen molar-refractivity contribution in [3.05, 3.63) is 30.3 Å². The van der Waals surface area contributed by atoms with Gasteiger partial charge in [-0.25, -0.2) is 0 Å². The summed E-state index contributed by atoms with van der Waals surface area (Å²) < 4.78 is 33.7. The van der Waals surface area contributed by atoms with Gasteiger partial charge in [-0.2, -0.15) is 8.42 Å². The lowest BCUT2D eigenvalue weighted by Gasteiger charge is -2.31. The van der Waals surface area contributed by atoms with E-state index in [0.29, 0.717) is 19.1 Å². The SMILES string of the molecule is CC(COS(=O)(=O)c1ccccc1)C1COC1. The second-order valence-electron chi connectivity index (χ2n) is 4.33. The van der Waals surface area contributed by atoms with Gasteiger partial charge < -0.3 is 4.74 Å². The van der Waals surface area contributed by atoms with Crippen LogP contribution in [0.25, 0.3) is 0 Å². The van der Waals surface area contributed by atoms with Gasteiger partial charge in [0.25, 0.3) is 10.1 Å². The summed E-state index contributed by atoms with van der Waals surface area (Å²) in [7, 11) is -3.61. The molecule has 0 N–H and O–H groups in total. The van der Waals surface area contributed by atoms with Gasteiger partial charge in [0, 0.05) is 5.92 Å². The van der Waals surface area contributed by atoms with E-state index in [-0.39, 0.29) is 17.4 Å². The Hall–Kier alpha value is -0.910. The number of ether oxygens (including phenoxy) is 1. The Morgan fingerprint density at radius 2 is 2.00 bits per heavy atom. The van der Waals surface area contributed by atoms with Crippen molar-refractivity contribution in [3.8, 4) is 0 Å². The Morgan fingerprint density at radius 1 is 1.35 bits per heavy atom. The fraction of sp³-hybridized carbons (Fsp3) is 0.500. The van der Waals surface area contributed by atoms with Crippen LogP contribution in [0, 0.1) is 11.8 Å². The largest absolute Gasteiger partial charge is 0.381 e. The highest BCUT2D eigenvalue weighted by atomic mass is 32.2. The third-order valence-electron chi connectivity index (χ3n) is 2.99. The average molecular weight is 256 g/mol. The van der Waals surface area contributed by atoms with Gasteiger partial charge in [0.1, 0.15) is 0 Å². The third kappa shape index (κ3) is 3.06. The van der Waals surface area contributed by atoms with E-state index >= 15 is 0 Å². The molecule has 0 amide bonds. The molecule has 1 fully saturated rings. The van der Waals surface area contributed by atoms with Gasteiger partial charge in [0.2, 0.25) is 0 Å². The lowest BCUT2D eigenvalue weighted by Crippen LogP contribution is -2.35. The van der Waals surface area contributed by atoms with Crippen LogP contribution >= 0.6 is 0 Å². The minimum absolute atomic E-state index is 0.197. The van der Waals surface area contributed by atoms with Crippen molar-refractivity contribution in [2.45, 2.75) is 11.8 Å². The average Bonchev–Trinajstić information content (AvgIpc) is 2.25. The molecule has 1 aromatic rings. The quantitative estimate of drug-likeness (QED) is 0.752. The molecule has 1 aromatic carbocycles. The summed E-state index contributed by atoms with van der Waals surface area (Å²) in [5.41, 5.74) is 0. The summed E-state index contributed by atoms with van der Waals surface area (Å²) in [5.74, 6) is 0.614. The number of hydrogen-bond acceptors (Lipinski definition) is 4. The molecule has 0 aromatic heterocycles. The topological polar surface area (TPSA) is 52.6 Å². The molecule has 1 heterocycles. The maximum Gasteiger partial charge on any atom is 0.296 e. The van der Waals surface area contributed by atoms with Crippen LogP contribution in [0.3, 0.4) is 0 Å². The minimum atomic E-state index is -3.61. The van der Waals surface area contributed by atoms with Crippen molar-refractivity contribution < 1.29 is 17.3 Å². The normalized spacial score (nSPS) is 18.6. The zero-order chi connectivity index (χ0) is 12.3. The summed E-state index contributed by atoms with van der Waals surface area (Å²) in [6.07, 6.45) is 0. The molecule has 1 aliphatic rings. The summed E-state index contributed by atoms with van der Waals surface area (Å²) >= 11 is 0. The van der Waals surface area contributed by atoms with E-state index in [1.807, 2.05) is 6.92 Å². The van der Waals surface area contributed by atoms with Crippen LogP contribution in [0.2, 0.25) is 0 Å².